The van der Waals surface area contributed by atoms with Crippen molar-refractivity contribution < 1.29 is 59.5 Å². The molecule has 18 nitrogen and oxygen atoms in total. The summed E-state index contributed by atoms with van der Waals surface area (Å²) in [5, 5.41) is 57.6. The van der Waals surface area contributed by atoms with Gasteiger partial charge in [0.1, 0.15) is 17.5 Å². The van der Waals surface area contributed by atoms with E-state index in [1.165, 1.54) is 12.1 Å². The summed E-state index contributed by atoms with van der Waals surface area (Å²) in [4.78, 5) is 44.8. The Morgan fingerprint density at radius 3 is 1.68 bits per heavy atom. The Kier molecular flexibility index (Phi) is 16.0. The lowest BCUT2D eigenvalue weighted by Gasteiger charge is -2.15. The minimum atomic E-state index is -1.28. The zero-order valence-corrected chi connectivity index (χ0v) is 23.5. The second-order valence-corrected chi connectivity index (χ2v) is 9.05. The van der Waals surface area contributed by atoms with E-state index in [4.69, 9.17) is 35.7 Å². The normalized spacial score (nSPS) is 11.6. The summed E-state index contributed by atoms with van der Waals surface area (Å²) < 4.78 is 10.2. The van der Waals surface area contributed by atoms with E-state index in [2.05, 4.69) is 25.6 Å². The van der Waals surface area contributed by atoms with Gasteiger partial charge >= 0.3 is 18.2 Å². The third-order valence-corrected chi connectivity index (χ3v) is 5.69. The number of amides is 2. The van der Waals surface area contributed by atoms with Crippen LogP contribution in [0.2, 0.25) is 0 Å². The van der Waals surface area contributed by atoms with Gasteiger partial charge in [0, 0.05) is 6.54 Å². The van der Waals surface area contributed by atoms with Gasteiger partial charge in [-0.15, -0.1) is 0 Å². The third-order valence-electron chi connectivity index (χ3n) is 5.69. The maximum atomic E-state index is 12.2. The van der Waals surface area contributed by atoms with Crippen molar-refractivity contribution >= 4 is 24.1 Å². The van der Waals surface area contributed by atoms with Crippen LogP contribution in [0.5, 0.6) is 11.5 Å². The minimum absolute atomic E-state index is 0.00596. The molecule has 0 saturated heterocycles. The van der Waals surface area contributed by atoms with E-state index in [1.54, 1.807) is 36.4 Å². The summed E-state index contributed by atoms with van der Waals surface area (Å²) in [5.74, 6) is -1.22. The molecule has 242 valence electrons. The number of nitrogens with one attached hydrogen (secondary N) is 4. The van der Waals surface area contributed by atoms with Crippen molar-refractivity contribution in [1.82, 2.24) is 26.7 Å². The molecule has 0 aliphatic rings. The molecule has 1 atom stereocenters. The van der Waals surface area contributed by atoms with E-state index in [0.29, 0.717) is 25.7 Å². The molecule has 44 heavy (non-hydrogen) atoms. The number of aliphatic carboxylic acids is 1. The van der Waals surface area contributed by atoms with Crippen LogP contribution in [-0.2, 0) is 27.3 Å². The number of benzene rings is 2. The summed E-state index contributed by atoms with van der Waals surface area (Å²) >= 11 is 0. The van der Waals surface area contributed by atoms with Crippen molar-refractivity contribution in [2.45, 2.75) is 44.6 Å². The molecule has 2 aromatic rings. The maximum Gasteiger partial charge on any atom is 0.419 e. The lowest BCUT2D eigenvalue weighted by molar-refractivity contribution is -0.492. The Morgan fingerprint density at radius 1 is 0.750 bits per heavy atom. The van der Waals surface area contributed by atoms with Crippen molar-refractivity contribution in [2.75, 3.05) is 19.8 Å². The zero-order chi connectivity index (χ0) is 32.3. The Labute approximate surface area is 251 Å². The molecule has 0 aliphatic heterocycles. The Balaban J connectivity index is 1.65. The smallest absolute Gasteiger partial charge is 0.419 e. The Hall–Kier alpha value is -4.40. The first-order valence-electron chi connectivity index (χ1n) is 13.3. The van der Waals surface area contributed by atoms with Crippen LogP contribution in [0.3, 0.4) is 0 Å². The van der Waals surface area contributed by atoms with Crippen molar-refractivity contribution in [2.24, 2.45) is 0 Å². The zero-order valence-electron chi connectivity index (χ0n) is 23.5. The monoisotopic (exact) mass is 624 g/mol. The van der Waals surface area contributed by atoms with Crippen molar-refractivity contribution in [1.29, 1.82) is 5.41 Å². The van der Waals surface area contributed by atoms with E-state index in [9.17, 15) is 19.5 Å². The van der Waals surface area contributed by atoms with Crippen LogP contribution >= 0.6 is 0 Å². The average molecular weight is 625 g/mol. The largest absolute Gasteiger partial charge is 0.480 e. The fourth-order valence-corrected chi connectivity index (χ4v) is 3.63. The molecule has 1 unspecified atom stereocenters. The van der Waals surface area contributed by atoms with Crippen molar-refractivity contribution in [3.05, 3.63) is 59.7 Å². The molecule has 0 spiro atoms. The van der Waals surface area contributed by atoms with E-state index in [-0.39, 0.29) is 60.8 Å². The number of carbonyl (C=O) groups is 3. The van der Waals surface area contributed by atoms with Crippen LogP contribution in [0.4, 0.5) is 9.59 Å². The molecule has 0 bridgehead atoms. The summed E-state index contributed by atoms with van der Waals surface area (Å²) in [6.07, 6.45) is 0.517. The van der Waals surface area contributed by atoms with Gasteiger partial charge in [-0.2, -0.15) is 0 Å². The van der Waals surface area contributed by atoms with E-state index in [1.807, 2.05) is 0 Å². The van der Waals surface area contributed by atoms with Gasteiger partial charge in [-0.05, 0) is 73.9 Å². The number of guanidine groups is 1. The molecule has 18 heteroatoms. The summed E-state index contributed by atoms with van der Waals surface area (Å²) in [5.41, 5.74) is 1.78. The quantitative estimate of drug-likeness (QED) is 0.0498. The second-order valence-electron chi connectivity index (χ2n) is 9.05. The molecule has 0 aromatic heterocycles. The highest BCUT2D eigenvalue weighted by Gasteiger charge is 2.21. The molecule has 0 aliphatic carbocycles. The van der Waals surface area contributed by atoms with Crippen LogP contribution in [0, 0.1) is 5.41 Å². The van der Waals surface area contributed by atoms with Crippen LogP contribution in [0.15, 0.2) is 48.5 Å². The maximum absolute atomic E-state index is 12.2. The molecule has 2 aromatic carbocycles. The minimum Gasteiger partial charge on any atom is -0.480 e. The number of nitrogens with zero attached hydrogens (tertiary/aromatic N) is 2. The highest BCUT2D eigenvalue weighted by molar-refractivity contribution is 5.92. The number of carboxylic acid groups (broad SMARTS) is 1. The topological polar surface area (TPSA) is 256 Å². The Morgan fingerprint density at radius 2 is 1.23 bits per heavy atom. The molecule has 2 rings (SSSR count). The Bertz CT molecular complexity index is 1180. The number of hydrogen-bond donors (Lipinski definition) is 9. The van der Waals surface area contributed by atoms with E-state index < -0.39 is 24.2 Å². The highest BCUT2D eigenvalue weighted by Crippen LogP contribution is 2.15. The summed E-state index contributed by atoms with van der Waals surface area (Å²) in [6, 6.07) is 11.7. The van der Waals surface area contributed by atoms with E-state index in [0.717, 1.165) is 11.1 Å². The average Bonchev–Trinajstić information content (AvgIpc) is 2.96. The SMILES string of the molecule is N=C(NCCCC(NC(=O)Oc1ccc(CCCON(O)O)cc1)C(=O)O)NC(=O)Oc1ccc(CCCON(O)O)cc1. The summed E-state index contributed by atoms with van der Waals surface area (Å²) in [6.45, 7) is 0.291. The standard InChI is InChI=1S/C26H36N6O12/c27-24(30-26(36)44-21-13-9-19(10-14-21)5-3-17-42-32(39)40)28-15-1-6-22(23(33)34)29-25(35)43-20-11-7-18(8-12-20)4-2-16-41-31(37)38/h7-14,22,37-40H,1-6,15-17H2,(H,29,35)(H,33,34)(H3,27,28,30,36). The van der Waals surface area contributed by atoms with Gasteiger partial charge < -0.3 is 25.2 Å². The van der Waals surface area contributed by atoms with Crippen LogP contribution < -0.4 is 25.4 Å². The molecule has 0 fully saturated rings. The number of carboxylic acids is 1. The van der Waals surface area contributed by atoms with Crippen LogP contribution in [0.25, 0.3) is 0 Å². The number of aryl methyl sites for hydroxylation is 2. The van der Waals surface area contributed by atoms with Crippen molar-refractivity contribution in [3.63, 3.8) is 0 Å². The van der Waals surface area contributed by atoms with Gasteiger partial charge in [-0.25, -0.2) is 14.4 Å². The first-order chi connectivity index (χ1) is 21.0. The van der Waals surface area contributed by atoms with Gasteiger partial charge in [0.25, 0.3) is 0 Å². The molecule has 0 saturated carbocycles. The highest BCUT2D eigenvalue weighted by atomic mass is 17.1. The van der Waals surface area contributed by atoms with Gasteiger partial charge in [0.2, 0.25) is 0 Å². The molecule has 0 heterocycles. The predicted molar refractivity (Wildman–Crippen MR) is 147 cm³/mol. The predicted octanol–water partition coefficient (Wildman–Crippen LogP) is 2.21. The fraction of sp³-hybridized carbons (Fsp3) is 0.385. The third kappa shape index (κ3) is 15.7. The fourth-order valence-electron chi connectivity index (χ4n) is 3.63. The van der Waals surface area contributed by atoms with Gasteiger partial charge in [0.15, 0.2) is 5.96 Å². The lowest BCUT2D eigenvalue weighted by Crippen LogP contribution is -2.44. The molecular formula is C26H36N6O12. The molecule has 2 amide bonds. The number of rotatable bonds is 18. The van der Waals surface area contributed by atoms with Gasteiger partial charge in [-0.1, -0.05) is 24.3 Å². The van der Waals surface area contributed by atoms with Gasteiger partial charge in [-0.3, -0.25) is 41.2 Å². The first-order valence-corrected chi connectivity index (χ1v) is 13.3. The number of carbonyl (C=O) groups excluding carboxylic acids is 2. The number of ether oxygens (including phenoxy) is 2. The van der Waals surface area contributed by atoms with Gasteiger partial charge in [0.05, 0.1) is 24.0 Å². The first kappa shape index (κ1) is 35.8. The van der Waals surface area contributed by atoms with Crippen LogP contribution in [0.1, 0.15) is 36.8 Å². The lowest BCUT2D eigenvalue weighted by atomic mass is 10.1. The molecular weight excluding hydrogens is 588 g/mol. The molecule has 0 radical (unpaired) electrons. The van der Waals surface area contributed by atoms with Crippen molar-refractivity contribution in [3.8, 4) is 11.5 Å². The van der Waals surface area contributed by atoms with E-state index >= 15 is 0 Å². The second kappa shape index (κ2) is 19.7. The molecule has 9 N–H and O–H groups in total. The summed E-state index contributed by atoms with van der Waals surface area (Å²) in [7, 11) is 0. The van der Waals surface area contributed by atoms with Crippen LogP contribution in [-0.4, -0.2) is 86.6 Å². The number of hydrogen-bond acceptors (Lipinski definition) is 14.